The zero-order valence-electron chi connectivity index (χ0n) is 14.9. The van der Waals surface area contributed by atoms with Crippen LogP contribution >= 0.6 is 15.9 Å². The van der Waals surface area contributed by atoms with Gasteiger partial charge in [0.05, 0.1) is 21.4 Å². The number of carbonyl (C=O) groups is 1. The molecular formula is C18H23BrN4O2. The molecule has 0 bridgehead atoms. The minimum Gasteiger partial charge on any atom is -0.486 e. The van der Waals surface area contributed by atoms with Crippen molar-refractivity contribution in [1.29, 1.82) is 0 Å². The number of hydrogen-bond donors (Lipinski definition) is 2. The van der Waals surface area contributed by atoms with Crippen LogP contribution in [0.1, 0.15) is 53.5 Å². The molecule has 0 radical (unpaired) electrons. The molecule has 0 aliphatic heterocycles. The van der Waals surface area contributed by atoms with E-state index in [1.165, 1.54) is 5.56 Å². The van der Waals surface area contributed by atoms with Crippen molar-refractivity contribution in [2.75, 3.05) is 12.8 Å². The number of halogens is 1. The molecule has 1 amide bonds. The van der Waals surface area contributed by atoms with E-state index in [2.05, 4.69) is 51.1 Å². The number of aryl methyl sites for hydroxylation is 1. The molecule has 2 aromatic rings. The van der Waals surface area contributed by atoms with Gasteiger partial charge in [0.2, 0.25) is 5.95 Å². The Morgan fingerprint density at radius 1 is 1.40 bits per heavy atom. The maximum Gasteiger partial charge on any atom is 0.254 e. The van der Waals surface area contributed by atoms with Gasteiger partial charge >= 0.3 is 0 Å². The Morgan fingerprint density at radius 2 is 2.12 bits per heavy atom. The summed E-state index contributed by atoms with van der Waals surface area (Å²) in [6.07, 6.45) is 1.07. The summed E-state index contributed by atoms with van der Waals surface area (Å²) in [5.74, 6) is 1.02. The molecule has 6 nitrogen and oxygen atoms in total. The van der Waals surface area contributed by atoms with Crippen LogP contribution in [-0.4, -0.2) is 22.9 Å². The molecular weight excluding hydrogens is 384 g/mol. The number of carbonyl (C=O) groups excluding carboxylic acids is 1. The molecule has 25 heavy (non-hydrogen) atoms. The van der Waals surface area contributed by atoms with Gasteiger partial charge in [0.15, 0.2) is 0 Å². The number of benzene rings is 1. The summed E-state index contributed by atoms with van der Waals surface area (Å²) in [4.78, 5) is 20.3. The first-order valence-electron chi connectivity index (χ1n) is 8.14. The van der Waals surface area contributed by atoms with E-state index in [-0.39, 0.29) is 18.5 Å². The molecule has 134 valence electrons. The van der Waals surface area contributed by atoms with Crippen LogP contribution in [0.2, 0.25) is 0 Å². The van der Waals surface area contributed by atoms with Gasteiger partial charge in [-0.3, -0.25) is 4.79 Å². The SMILES string of the molecule is CCC(C)c1ccc(OCc2nc(N)nc(C)c2C(=O)NC)c(Br)c1. The Balaban J connectivity index is 2.26. The molecule has 3 N–H and O–H groups in total. The Bertz CT molecular complexity index is 780. The summed E-state index contributed by atoms with van der Waals surface area (Å²) in [5.41, 5.74) is 8.34. The van der Waals surface area contributed by atoms with Crippen molar-refractivity contribution in [3.05, 3.63) is 45.2 Å². The summed E-state index contributed by atoms with van der Waals surface area (Å²) in [7, 11) is 1.56. The predicted octanol–water partition coefficient (Wildman–Crippen LogP) is 3.58. The molecule has 1 atom stereocenters. The van der Waals surface area contributed by atoms with E-state index in [0.29, 0.717) is 28.6 Å². The highest BCUT2D eigenvalue weighted by Gasteiger charge is 2.18. The number of nitrogens with one attached hydrogen (secondary N) is 1. The zero-order chi connectivity index (χ0) is 18.6. The van der Waals surface area contributed by atoms with Gasteiger partial charge in [-0.05, 0) is 52.9 Å². The molecule has 1 heterocycles. The molecule has 0 saturated heterocycles. The third-order valence-electron chi connectivity index (χ3n) is 4.14. The van der Waals surface area contributed by atoms with Crippen LogP contribution in [0.3, 0.4) is 0 Å². The standard InChI is InChI=1S/C18H23BrN4O2/c1-5-10(2)12-6-7-15(13(19)8-12)25-9-14-16(17(24)21-4)11(3)22-18(20)23-14/h6-8,10H,5,9H2,1-4H3,(H,21,24)(H2,20,22,23). The van der Waals surface area contributed by atoms with E-state index in [1.807, 2.05) is 12.1 Å². The predicted molar refractivity (Wildman–Crippen MR) is 102 cm³/mol. The average Bonchev–Trinajstić information content (AvgIpc) is 2.58. The van der Waals surface area contributed by atoms with Crippen LogP contribution in [-0.2, 0) is 6.61 Å². The molecule has 0 saturated carbocycles. The second kappa shape index (κ2) is 8.29. The number of hydrogen-bond acceptors (Lipinski definition) is 5. The average molecular weight is 407 g/mol. The number of nitrogens with zero attached hydrogens (tertiary/aromatic N) is 2. The summed E-state index contributed by atoms with van der Waals surface area (Å²) < 4.78 is 6.73. The Labute approximate surface area is 156 Å². The van der Waals surface area contributed by atoms with Crippen molar-refractivity contribution >= 4 is 27.8 Å². The van der Waals surface area contributed by atoms with Crippen molar-refractivity contribution < 1.29 is 9.53 Å². The lowest BCUT2D eigenvalue weighted by atomic mass is 9.99. The summed E-state index contributed by atoms with van der Waals surface area (Å²) in [6.45, 7) is 6.19. The first kappa shape index (κ1) is 19.2. The van der Waals surface area contributed by atoms with Crippen LogP contribution in [0.25, 0.3) is 0 Å². The van der Waals surface area contributed by atoms with Gasteiger partial charge in [0, 0.05) is 7.05 Å². The second-order valence-corrected chi connectivity index (χ2v) is 6.71. The fraction of sp³-hybridized carbons (Fsp3) is 0.389. The Hall–Kier alpha value is -2.15. The molecule has 0 fully saturated rings. The van der Waals surface area contributed by atoms with Crippen molar-refractivity contribution in [1.82, 2.24) is 15.3 Å². The Morgan fingerprint density at radius 3 is 2.72 bits per heavy atom. The normalized spacial score (nSPS) is 11.9. The third-order valence-corrected chi connectivity index (χ3v) is 4.76. The monoisotopic (exact) mass is 406 g/mol. The highest BCUT2D eigenvalue weighted by Crippen LogP contribution is 2.30. The van der Waals surface area contributed by atoms with Crippen molar-refractivity contribution in [2.45, 2.75) is 39.7 Å². The van der Waals surface area contributed by atoms with Crippen LogP contribution in [0.4, 0.5) is 5.95 Å². The molecule has 0 aliphatic carbocycles. The lowest BCUT2D eigenvalue weighted by Crippen LogP contribution is -2.23. The molecule has 2 rings (SSSR count). The van der Waals surface area contributed by atoms with Gasteiger partial charge in [-0.15, -0.1) is 0 Å². The van der Waals surface area contributed by atoms with E-state index in [9.17, 15) is 4.79 Å². The van der Waals surface area contributed by atoms with Crippen molar-refractivity contribution in [3.8, 4) is 5.75 Å². The van der Waals surface area contributed by atoms with Crippen LogP contribution < -0.4 is 15.8 Å². The van der Waals surface area contributed by atoms with Gasteiger partial charge in [-0.2, -0.15) is 0 Å². The number of nitrogen functional groups attached to an aromatic ring is 1. The quantitative estimate of drug-likeness (QED) is 0.764. The van der Waals surface area contributed by atoms with Crippen LogP contribution in [0.5, 0.6) is 5.75 Å². The fourth-order valence-corrected chi connectivity index (χ4v) is 3.01. The van der Waals surface area contributed by atoms with Gasteiger partial charge in [-0.25, -0.2) is 9.97 Å². The van der Waals surface area contributed by atoms with E-state index in [4.69, 9.17) is 10.5 Å². The highest BCUT2D eigenvalue weighted by molar-refractivity contribution is 9.10. The fourth-order valence-electron chi connectivity index (χ4n) is 2.50. The number of amides is 1. The summed E-state index contributed by atoms with van der Waals surface area (Å²) >= 11 is 3.55. The number of rotatable bonds is 6. The lowest BCUT2D eigenvalue weighted by Gasteiger charge is -2.14. The summed E-state index contributed by atoms with van der Waals surface area (Å²) in [5, 5.41) is 2.59. The first-order valence-corrected chi connectivity index (χ1v) is 8.93. The van der Waals surface area contributed by atoms with Crippen molar-refractivity contribution in [3.63, 3.8) is 0 Å². The maximum absolute atomic E-state index is 12.1. The smallest absolute Gasteiger partial charge is 0.254 e. The van der Waals surface area contributed by atoms with E-state index < -0.39 is 0 Å². The number of ether oxygens (including phenoxy) is 1. The number of aromatic nitrogens is 2. The van der Waals surface area contributed by atoms with Gasteiger partial charge in [0.1, 0.15) is 12.4 Å². The number of nitrogens with two attached hydrogens (primary N) is 1. The van der Waals surface area contributed by atoms with Crippen LogP contribution in [0.15, 0.2) is 22.7 Å². The molecule has 1 unspecified atom stereocenters. The van der Waals surface area contributed by atoms with Gasteiger partial charge < -0.3 is 15.8 Å². The topological polar surface area (TPSA) is 90.1 Å². The molecule has 0 aliphatic rings. The Kier molecular flexibility index (Phi) is 6.36. The largest absolute Gasteiger partial charge is 0.486 e. The van der Waals surface area contributed by atoms with E-state index in [1.54, 1.807) is 14.0 Å². The molecule has 7 heteroatoms. The first-order chi connectivity index (χ1) is 11.9. The molecule has 1 aromatic heterocycles. The minimum atomic E-state index is -0.262. The van der Waals surface area contributed by atoms with Gasteiger partial charge in [0.25, 0.3) is 5.91 Å². The maximum atomic E-state index is 12.1. The van der Waals surface area contributed by atoms with Crippen molar-refractivity contribution in [2.24, 2.45) is 0 Å². The highest BCUT2D eigenvalue weighted by atomic mass is 79.9. The van der Waals surface area contributed by atoms with Gasteiger partial charge in [-0.1, -0.05) is 19.9 Å². The van der Waals surface area contributed by atoms with Crippen LogP contribution in [0, 0.1) is 6.92 Å². The minimum absolute atomic E-state index is 0.120. The summed E-state index contributed by atoms with van der Waals surface area (Å²) in [6, 6.07) is 6.03. The van der Waals surface area contributed by atoms with E-state index in [0.717, 1.165) is 10.9 Å². The third kappa shape index (κ3) is 4.48. The lowest BCUT2D eigenvalue weighted by molar-refractivity contribution is 0.0959. The zero-order valence-corrected chi connectivity index (χ0v) is 16.5. The number of anilines is 1. The van der Waals surface area contributed by atoms with E-state index >= 15 is 0 Å². The molecule has 1 aromatic carbocycles. The molecule has 0 spiro atoms. The second-order valence-electron chi connectivity index (χ2n) is 5.86.